The molecule has 0 heterocycles. The molecule has 0 fully saturated rings. The summed E-state index contributed by atoms with van der Waals surface area (Å²) in [5, 5.41) is 22.8. The van der Waals surface area contributed by atoms with Crippen LogP contribution in [-0.2, 0) is 10.8 Å². The number of hydrogen-bond acceptors (Lipinski definition) is 4. The fraction of sp³-hybridized carbons (Fsp3) is 0.538. The monoisotopic (exact) mass is 271 g/mol. The predicted molar refractivity (Wildman–Crippen MR) is 74.3 cm³/mol. The van der Waals surface area contributed by atoms with E-state index in [0.29, 0.717) is 11.3 Å². The number of hydrogen-bond donors (Lipinski definition) is 3. The summed E-state index contributed by atoms with van der Waals surface area (Å²) in [4.78, 5) is 0. The first-order chi connectivity index (χ1) is 8.41. The van der Waals surface area contributed by atoms with Gasteiger partial charge in [-0.1, -0.05) is 6.07 Å². The number of phenols is 2. The second-order valence-electron chi connectivity index (χ2n) is 4.57. The zero-order chi connectivity index (χ0) is 13.7. The lowest BCUT2D eigenvalue weighted by atomic mass is 10.0. The molecule has 0 aliphatic rings. The molecule has 4 nitrogen and oxygen atoms in total. The standard InChI is InChI=1S/C13H21NO3S/c1-9(7-8-18(3)17)14-10(2)13-11(15)5-4-6-12(13)16/h4-6,9-10,14-16H,7-8H2,1-3H3. The van der Waals surface area contributed by atoms with E-state index in [1.54, 1.807) is 24.5 Å². The van der Waals surface area contributed by atoms with E-state index in [9.17, 15) is 14.4 Å². The lowest BCUT2D eigenvalue weighted by molar-refractivity contribution is 0.402. The van der Waals surface area contributed by atoms with Crippen molar-refractivity contribution in [1.82, 2.24) is 5.32 Å². The van der Waals surface area contributed by atoms with E-state index in [-0.39, 0.29) is 23.6 Å². The van der Waals surface area contributed by atoms with Crippen molar-refractivity contribution in [2.45, 2.75) is 32.4 Å². The molecular weight excluding hydrogens is 250 g/mol. The van der Waals surface area contributed by atoms with Crippen molar-refractivity contribution >= 4 is 10.8 Å². The van der Waals surface area contributed by atoms with Crippen LogP contribution in [0.25, 0.3) is 0 Å². The fourth-order valence-electron chi connectivity index (χ4n) is 1.92. The van der Waals surface area contributed by atoms with E-state index < -0.39 is 10.8 Å². The van der Waals surface area contributed by atoms with Crippen molar-refractivity contribution in [1.29, 1.82) is 0 Å². The second kappa shape index (κ2) is 6.75. The number of phenolic OH excluding ortho intramolecular Hbond substituents is 2. The molecule has 5 heteroatoms. The number of rotatable bonds is 6. The van der Waals surface area contributed by atoms with Crippen molar-refractivity contribution < 1.29 is 14.4 Å². The van der Waals surface area contributed by atoms with Crippen LogP contribution in [0.5, 0.6) is 11.5 Å². The summed E-state index contributed by atoms with van der Waals surface area (Å²) >= 11 is 0. The number of aromatic hydroxyl groups is 2. The first kappa shape index (κ1) is 15.0. The summed E-state index contributed by atoms with van der Waals surface area (Å²) in [6, 6.07) is 4.72. The Labute approximate surface area is 110 Å². The molecular formula is C13H21NO3S. The Balaban J connectivity index is 2.64. The van der Waals surface area contributed by atoms with E-state index in [1.807, 2.05) is 13.8 Å². The minimum Gasteiger partial charge on any atom is -0.507 e. The first-order valence-electron chi connectivity index (χ1n) is 5.98. The van der Waals surface area contributed by atoms with Crippen LogP contribution in [0.3, 0.4) is 0 Å². The second-order valence-corrected chi connectivity index (χ2v) is 6.12. The molecule has 0 amide bonds. The number of nitrogens with one attached hydrogen (secondary N) is 1. The normalized spacial score (nSPS) is 16.2. The maximum Gasteiger partial charge on any atom is 0.124 e. The first-order valence-corrected chi connectivity index (χ1v) is 7.71. The lowest BCUT2D eigenvalue weighted by Crippen LogP contribution is -2.30. The largest absolute Gasteiger partial charge is 0.507 e. The van der Waals surface area contributed by atoms with Gasteiger partial charge in [-0.25, -0.2) is 0 Å². The third-order valence-electron chi connectivity index (χ3n) is 2.87. The van der Waals surface area contributed by atoms with E-state index >= 15 is 0 Å². The van der Waals surface area contributed by atoms with Crippen molar-refractivity contribution in [2.24, 2.45) is 0 Å². The topological polar surface area (TPSA) is 69.6 Å². The average Bonchev–Trinajstić information content (AvgIpc) is 2.26. The smallest absolute Gasteiger partial charge is 0.124 e. The minimum atomic E-state index is -0.793. The van der Waals surface area contributed by atoms with Crippen LogP contribution in [0.4, 0.5) is 0 Å². The summed E-state index contributed by atoms with van der Waals surface area (Å²) < 4.78 is 11.0. The van der Waals surface area contributed by atoms with E-state index in [0.717, 1.165) is 6.42 Å². The third-order valence-corrected chi connectivity index (χ3v) is 3.68. The zero-order valence-electron chi connectivity index (χ0n) is 11.0. The Morgan fingerprint density at radius 2 is 1.83 bits per heavy atom. The van der Waals surface area contributed by atoms with Gasteiger partial charge in [0.05, 0.1) is 5.56 Å². The van der Waals surface area contributed by atoms with Gasteiger partial charge in [0.15, 0.2) is 0 Å². The Bertz CT molecular complexity index is 402. The summed E-state index contributed by atoms with van der Waals surface area (Å²) in [5.74, 6) is 0.815. The lowest BCUT2D eigenvalue weighted by Gasteiger charge is -2.21. The third kappa shape index (κ3) is 4.31. The van der Waals surface area contributed by atoms with Crippen molar-refractivity contribution in [3.05, 3.63) is 23.8 Å². The minimum absolute atomic E-state index is 0.0845. The molecule has 0 bridgehead atoms. The molecule has 0 aliphatic carbocycles. The Kier molecular flexibility index (Phi) is 5.62. The van der Waals surface area contributed by atoms with Crippen LogP contribution in [0.1, 0.15) is 31.9 Å². The van der Waals surface area contributed by atoms with E-state index in [2.05, 4.69) is 5.32 Å². The molecule has 0 spiro atoms. The van der Waals surface area contributed by atoms with Crippen molar-refractivity contribution in [3.8, 4) is 11.5 Å². The van der Waals surface area contributed by atoms with Gasteiger partial charge in [-0.3, -0.25) is 4.21 Å². The average molecular weight is 271 g/mol. The van der Waals surface area contributed by atoms with Gasteiger partial charge < -0.3 is 15.5 Å². The molecule has 0 aliphatic heterocycles. The van der Waals surface area contributed by atoms with Gasteiger partial charge >= 0.3 is 0 Å². The molecule has 1 aromatic carbocycles. The van der Waals surface area contributed by atoms with Gasteiger partial charge in [-0.05, 0) is 32.4 Å². The van der Waals surface area contributed by atoms with E-state index in [1.165, 1.54) is 0 Å². The number of benzene rings is 1. The molecule has 1 aromatic rings. The molecule has 0 aromatic heterocycles. The summed E-state index contributed by atoms with van der Waals surface area (Å²) in [6.45, 7) is 3.88. The van der Waals surface area contributed by atoms with Crippen LogP contribution in [0, 0.1) is 0 Å². The maximum absolute atomic E-state index is 11.0. The highest BCUT2D eigenvalue weighted by atomic mass is 32.2. The van der Waals surface area contributed by atoms with Crippen molar-refractivity contribution in [3.63, 3.8) is 0 Å². The molecule has 3 unspecified atom stereocenters. The van der Waals surface area contributed by atoms with Crippen LogP contribution in [-0.4, -0.2) is 32.5 Å². The summed E-state index contributed by atoms with van der Waals surface area (Å²) in [5.41, 5.74) is 0.502. The Hall–Kier alpha value is -1.07. The molecule has 102 valence electrons. The molecule has 18 heavy (non-hydrogen) atoms. The SMILES string of the molecule is CC(CCS(C)=O)NC(C)c1c(O)cccc1O. The molecule has 3 N–H and O–H groups in total. The van der Waals surface area contributed by atoms with Gasteiger partial charge in [-0.2, -0.15) is 0 Å². The Morgan fingerprint density at radius 3 is 2.33 bits per heavy atom. The predicted octanol–water partition coefficient (Wildman–Crippen LogP) is 1.91. The Morgan fingerprint density at radius 1 is 1.28 bits per heavy atom. The quantitative estimate of drug-likeness (QED) is 0.739. The van der Waals surface area contributed by atoms with Crippen LogP contribution in [0.15, 0.2) is 18.2 Å². The molecule has 0 saturated heterocycles. The molecule has 1 rings (SSSR count). The van der Waals surface area contributed by atoms with Gasteiger partial charge in [0, 0.05) is 34.9 Å². The van der Waals surface area contributed by atoms with Crippen LogP contribution >= 0.6 is 0 Å². The molecule has 0 saturated carbocycles. The fourth-order valence-corrected chi connectivity index (χ4v) is 2.61. The van der Waals surface area contributed by atoms with E-state index in [4.69, 9.17) is 0 Å². The molecule has 0 radical (unpaired) electrons. The summed E-state index contributed by atoms with van der Waals surface area (Å²) in [6.07, 6.45) is 2.48. The van der Waals surface area contributed by atoms with Gasteiger partial charge in [0.25, 0.3) is 0 Å². The zero-order valence-corrected chi connectivity index (χ0v) is 11.8. The molecule has 3 atom stereocenters. The van der Waals surface area contributed by atoms with Crippen molar-refractivity contribution in [2.75, 3.05) is 12.0 Å². The summed E-state index contributed by atoms with van der Waals surface area (Å²) in [7, 11) is -0.793. The maximum atomic E-state index is 11.0. The van der Waals surface area contributed by atoms with Gasteiger partial charge in [-0.15, -0.1) is 0 Å². The van der Waals surface area contributed by atoms with Crippen LogP contribution < -0.4 is 5.32 Å². The van der Waals surface area contributed by atoms with Gasteiger partial charge in [0.1, 0.15) is 11.5 Å². The highest BCUT2D eigenvalue weighted by molar-refractivity contribution is 7.84. The van der Waals surface area contributed by atoms with Crippen LogP contribution in [0.2, 0.25) is 0 Å². The highest BCUT2D eigenvalue weighted by Gasteiger charge is 2.16. The highest BCUT2D eigenvalue weighted by Crippen LogP contribution is 2.32. The van der Waals surface area contributed by atoms with Gasteiger partial charge in [0.2, 0.25) is 0 Å².